The lowest BCUT2D eigenvalue weighted by Crippen LogP contribution is -2.11. The molecule has 0 amide bonds. The van der Waals surface area contributed by atoms with Crippen molar-refractivity contribution in [3.63, 3.8) is 0 Å². The monoisotopic (exact) mass is 342 g/mol. The van der Waals surface area contributed by atoms with E-state index in [4.69, 9.17) is 11.6 Å². The largest absolute Gasteiger partial charge is 0.396 e. The zero-order valence-electron chi connectivity index (χ0n) is 10.9. The minimum atomic E-state index is 0.0183. The standard InChI is InChI=1S/C14H16BrClN2O/c1-9-14(15)13(18(2)17-9)7-11(8-19)10-4-3-5-12(16)6-10/h3-6,11,19H,7-8H2,1-2H3. The summed E-state index contributed by atoms with van der Waals surface area (Å²) in [5.41, 5.74) is 3.08. The van der Waals surface area contributed by atoms with E-state index in [1.807, 2.05) is 42.9 Å². The van der Waals surface area contributed by atoms with Crippen LogP contribution in [0.4, 0.5) is 0 Å². The Morgan fingerprint density at radius 3 is 2.74 bits per heavy atom. The fourth-order valence-electron chi connectivity index (χ4n) is 2.18. The highest BCUT2D eigenvalue weighted by molar-refractivity contribution is 9.10. The summed E-state index contributed by atoms with van der Waals surface area (Å²) in [6.45, 7) is 2.04. The lowest BCUT2D eigenvalue weighted by molar-refractivity contribution is 0.263. The van der Waals surface area contributed by atoms with Crippen LogP contribution in [-0.4, -0.2) is 21.5 Å². The molecule has 0 aliphatic heterocycles. The number of aryl methyl sites for hydroxylation is 2. The van der Waals surface area contributed by atoms with Crippen molar-refractivity contribution in [2.75, 3.05) is 6.61 Å². The molecule has 1 N–H and O–H groups in total. The Balaban J connectivity index is 2.29. The number of aliphatic hydroxyl groups excluding tert-OH is 1. The summed E-state index contributed by atoms with van der Waals surface area (Å²) < 4.78 is 2.86. The van der Waals surface area contributed by atoms with Crippen molar-refractivity contribution >= 4 is 27.5 Å². The van der Waals surface area contributed by atoms with Gasteiger partial charge in [0.2, 0.25) is 0 Å². The number of hydrogen-bond donors (Lipinski definition) is 1. The highest BCUT2D eigenvalue weighted by atomic mass is 79.9. The summed E-state index contributed by atoms with van der Waals surface area (Å²) in [6, 6.07) is 7.64. The molecular weight excluding hydrogens is 328 g/mol. The molecule has 2 aromatic rings. The van der Waals surface area contributed by atoms with Gasteiger partial charge in [0.15, 0.2) is 0 Å². The second kappa shape index (κ2) is 6.07. The molecule has 0 bridgehead atoms. The van der Waals surface area contributed by atoms with E-state index in [2.05, 4.69) is 21.0 Å². The lowest BCUT2D eigenvalue weighted by atomic mass is 9.95. The second-order valence-electron chi connectivity index (χ2n) is 4.61. The SMILES string of the molecule is Cc1nn(C)c(CC(CO)c2cccc(Cl)c2)c1Br. The zero-order chi connectivity index (χ0) is 14.0. The molecule has 3 nitrogen and oxygen atoms in total. The average Bonchev–Trinajstić information content (AvgIpc) is 2.61. The Bertz CT molecular complexity index is 583. The molecule has 0 radical (unpaired) electrons. The molecule has 0 fully saturated rings. The highest BCUT2D eigenvalue weighted by Gasteiger charge is 2.18. The van der Waals surface area contributed by atoms with Gasteiger partial charge in [0.25, 0.3) is 0 Å². The van der Waals surface area contributed by atoms with Crippen LogP contribution in [0.5, 0.6) is 0 Å². The third kappa shape index (κ3) is 3.19. The Kier molecular flexibility index (Phi) is 4.66. The summed E-state index contributed by atoms with van der Waals surface area (Å²) in [5.74, 6) is 0.0183. The van der Waals surface area contributed by atoms with Gasteiger partial charge in [0.1, 0.15) is 0 Å². The minimum Gasteiger partial charge on any atom is -0.396 e. The van der Waals surface area contributed by atoms with E-state index >= 15 is 0 Å². The first-order chi connectivity index (χ1) is 9.02. The normalized spacial score (nSPS) is 12.7. The van der Waals surface area contributed by atoms with Crippen molar-refractivity contribution < 1.29 is 5.11 Å². The molecule has 102 valence electrons. The van der Waals surface area contributed by atoms with E-state index in [0.29, 0.717) is 5.02 Å². The predicted molar refractivity (Wildman–Crippen MR) is 80.6 cm³/mol. The summed E-state index contributed by atoms with van der Waals surface area (Å²) in [6.07, 6.45) is 0.717. The van der Waals surface area contributed by atoms with Gasteiger partial charge in [-0.2, -0.15) is 5.10 Å². The van der Waals surface area contributed by atoms with Crippen LogP contribution in [0.25, 0.3) is 0 Å². The van der Waals surface area contributed by atoms with E-state index in [1.165, 1.54) is 0 Å². The van der Waals surface area contributed by atoms with Gasteiger partial charge in [0.05, 0.1) is 22.5 Å². The first kappa shape index (κ1) is 14.6. The van der Waals surface area contributed by atoms with E-state index in [-0.39, 0.29) is 12.5 Å². The Morgan fingerprint density at radius 2 is 2.21 bits per heavy atom. The van der Waals surface area contributed by atoms with E-state index in [0.717, 1.165) is 27.8 Å². The van der Waals surface area contributed by atoms with E-state index < -0.39 is 0 Å². The van der Waals surface area contributed by atoms with Crippen LogP contribution in [0.2, 0.25) is 5.02 Å². The van der Waals surface area contributed by atoms with Crippen LogP contribution >= 0.6 is 27.5 Å². The third-order valence-corrected chi connectivity index (χ3v) is 4.51. The van der Waals surface area contributed by atoms with Crippen LogP contribution in [0.3, 0.4) is 0 Å². The number of halogens is 2. The molecule has 0 aliphatic carbocycles. The van der Waals surface area contributed by atoms with Crippen molar-refractivity contribution in [3.05, 3.63) is 50.7 Å². The van der Waals surface area contributed by atoms with Crippen LogP contribution in [0, 0.1) is 6.92 Å². The van der Waals surface area contributed by atoms with Crippen LogP contribution in [-0.2, 0) is 13.5 Å². The van der Waals surface area contributed by atoms with Gasteiger partial charge >= 0.3 is 0 Å². The predicted octanol–water partition coefficient (Wildman–Crippen LogP) is 3.46. The fourth-order valence-corrected chi connectivity index (χ4v) is 2.88. The Morgan fingerprint density at radius 1 is 1.47 bits per heavy atom. The topological polar surface area (TPSA) is 38.0 Å². The number of benzene rings is 1. The van der Waals surface area contributed by atoms with Crippen LogP contribution in [0.1, 0.15) is 22.9 Å². The number of nitrogens with zero attached hydrogens (tertiary/aromatic N) is 2. The number of hydrogen-bond acceptors (Lipinski definition) is 2. The maximum atomic E-state index is 9.63. The molecule has 1 atom stereocenters. The summed E-state index contributed by atoms with van der Waals surface area (Å²) in [5, 5.41) is 14.7. The Labute approximate surface area is 126 Å². The maximum absolute atomic E-state index is 9.63. The minimum absolute atomic E-state index is 0.0183. The van der Waals surface area contributed by atoms with Crippen molar-refractivity contribution in [2.45, 2.75) is 19.3 Å². The van der Waals surface area contributed by atoms with Gasteiger partial charge in [-0.25, -0.2) is 0 Å². The van der Waals surface area contributed by atoms with Crippen molar-refractivity contribution in [3.8, 4) is 0 Å². The Hall–Kier alpha value is -0.840. The molecule has 1 aromatic carbocycles. The quantitative estimate of drug-likeness (QED) is 0.923. The molecular formula is C14H16BrClN2O. The van der Waals surface area contributed by atoms with Crippen LogP contribution in [0.15, 0.2) is 28.7 Å². The van der Waals surface area contributed by atoms with E-state index in [9.17, 15) is 5.11 Å². The first-order valence-electron chi connectivity index (χ1n) is 6.07. The smallest absolute Gasteiger partial charge is 0.0738 e. The van der Waals surface area contributed by atoms with Gasteiger partial charge in [-0.1, -0.05) is 23.7 Å². The molecule has 0 saturated carbocycles. The molecule has 2 rings (SSSR count). The van der Waals surface area contributed by atoms with Crippen molar-refractivity contribution in [1.29, 1.82) is 0 Å². The van der Waals surface area contributed by atoms with Gasteiger partial charge in [-0.05, 0) is 47.0 Å². The lowest BCUT2D eigenvalue weighted by Gasteiger charge is -2.15. The van der Waals surface area contributed by atoms with E-state index in [1.54, 1.807) is 0 Å². The molecule has 0 spiro atoms. The maximum Gasteiger partial charge on any atom is 0.0738 e. The molecule has 0 saturated heterocycles. The van der Waals surface area contributed by atoms with Crippen molar-refractivity contribution in [2.24, 2.45) is 7.05 Å². The first-order valence-corrected chi connectivity index (χ1v) is 7.24. The van der Waals surface area contributed by atoms with Crippen LogP contribution < -0.4 is 0 Å². The van der Waals surface area contributed by atoms with Gasteiger partial charge in [-0.15, -0.1) is 0 Å². The molecule has 1 heterocycles. The fraction of sp³-hybridized carbons (Fsp3) is 0.357. The van der Waals surface area contributed by atoms with Gasteiger partial charge in [0, 0.05) is 18.0 Å². The number of rotatable bonds is 4. The van der Waals surface area contributed by atoms with Gasteiger partial charge in [-0.3, -0.25) is 4.68 Å². The third-order valence-electron chi connectivity index (χ3n) is 3.24. The molecule has 0 aliphatic rings. The number of aliphatic hydroxyl groups is 1. The molecule has 1 unspecified atom stereocenters. The second-order valence-corrected chi connectivity index (χ2v) is 5.84. The average molecular weight is 344 g/mol. The number of aromatic nitrogens is 2. The highest BCUT2D eigenvalue weighted by Crippen LogP contribution is 2.28. The molecule has 19 heavy (non-hydrogen) atoms. The molecule has 5 heteroatoms. The molecule has 1 aromatic heterocycles. The zero-order valence-corrected chi connectivity index (χ0v) is 13.2. The summed E-state index contributed by atoms with van der Waals surface area (Å²) >= 11 is 9.56. The van der Waals surface area contributed by atoms with Crippen molar-refractivity contribution in [1.82, 2.24) is 9.78 Å². The summed E-state index contributed by atoms with van der Waals surface area (Å²) in [7, 11) is 1.92. The summed E-state index contributed by atoms with van der Waals surface area (Å²) in [4.78, 5) is 0. The van der Waals surface area contributed by atoms with Gasteiger partial charge < -0.3 is 5.11 Å².